The second kappa shape index (κ2) is 11.4. The smallest absolute Gasteiger partial charge is 0.242 e. The number of hydrogen-bond acceptors (Lipinski definition) is 3. The summed E-state index contributed by atoms with van der Waals surface area (Å²) >= 11 is 0. The first kappa shape index (κ1) is 23.5. The van der Waals surface area contributed by atoms with E-state index >= 15 is 0 Å². The Hall–Kier alpha value is -2.76. The van der Waals surface area contributed by atoms with Crippen molar-refractivity contribution < 1.29 is 14.3 Å². The van der Waals surface area contributed by atoms with E-state index in [1.165, 1.54) is 6.92 Å². The van der Waals surface area contributed by atoms with Gasteiger partial charge in [-0.05, 0) is 49.6 Å². The third-order valence-electron chi connectivity index (χ3n) is 5.45. The van der Waals surface area contributed by atoms with Gasteiger partial charge in [-0.1, -0.05) is 26.0 Å². The quantitative estimate of drug-likeness (QED) is 0.561. The summed E-state index contributed by atoms with van der Waals surface area (Å²) < 4.78 is 7.49. The number of amides is 2. The van der Waals surface area contributed by atoms with Gasteiger partial charge < -0.3 is 19.1 Å². The Bertz CT molecular complexity index is 831. The first-order valence-corrected chi connectivity index (χ1v) is 10.7. The van der Waals surface area contributed by atoms with Gasteiger partial charge in [-0.25, -0.2) is 0 Å². The van der Waals surface area contributed by atoms with Crippen molar-refractivity contribution in [1.29, 1.82) is 0 Å². The molecule has 2 amide bonds. The van der Waals surface area contributed by atoms with Gasteiger partial charge in [-0.15, -0.1) is 0 Å². The lowest BCUT2D eigenvalue weighted by molar-refractivity contribution is -0.141. The molecule has 6 nitrogen and oxygen atoms in total. The molecule has 1 aromatic carbocycles. The molecule has 1 heterocycles. The molecule has 0 bridgehead atoms. The number of carbonyl (C=O) groups excluding carboxylic acids is 2. The molecular weight excluding hydrogens is 378 g/mol. The average molecular weight is 414 g/mol. The molecule has 0 aliphatic rings. The van der Waals surface area contributed by atoms with Gasteiger partial charge in [0.1, 0.15) is 5.75 Å². The van der Waals surface area contributed by atoms with Crippen LogP contribution in [-0.2, 0) is 22.7 Å². The Balaban J connectivity index is 2.18. The molecule has 0 fully saturated rings. The molecular formula is C24H35N3O3. The highest BCUT2D eigenvalue weighted by molar-refractivity contribution is 5.84. The molecule has 0 spiro atoms. The molecule has 0 N–H and O–H groups in total. The van der Waals surface area contributed by atoms with Crippen LogP contribution in [0.1, 0.15) is 51.8 Å². The van der Waals surface area contributed by atoms with Crippen molar-refractivity contribution in [1.82, 2.24) is 14.4 Å². The molecule has 0 aliphatic heterocycles. The van der Waals surface area contributed by atoms with Crippen LogP contribution in [0.15, 0.2) is 42.6 Å². The summed E-state index contributed by atoms with van der Waals surface area (Å²) in [5.74, 6) is 0.760. The van der Waals surface area contributed by atoms with Gasteiger partial charge in [0.2, 0.25) is 11.8 Å². The molecule has 0 aliphatic carbocycles. The van der Waals surface area contributed by atoms with Gasteiger partial charge in [0.05, 0.1) is 20.2 Å². The summed E-state index contributed by atoms with van der Waals surface area (Å²) in [4.78, 5) is 28.5. The summed E-state index contributed by atoms with van der Waals surface area (Å²) in [6, 6.07) is 12.2. The highest BCUT2D eigenvalue weighted by Gasteiger charge is 2.23. The van der Waals surface area contributed by atoms with Gasteiger partial charge >= 0.3 is 0 Å². The van der Waals surface area contributed by atoms with Crippen molar-refractivity contribution in [3.05, 3.63) is 53.9 Å². The number of nitrogens with zero attached hydrogens (tertiary/aromatic N) is 3. The van der Waals surface area contributed by atoms with Crippen LogP contribution < -0.4 is 4.74 Å². The summed E-state index contributed by atoms with van der Waals surface area (Å²) in [6.07, 6.45) is 3.72. The van der Waals surface area contributed by atoms with Crippen LogP contribution in [0.25, 0.3) is 0 Å². The Kier molecular flexibility index (Phi) is 8.96. The van der Waals surface area contributed by atoms with Crippen LogP contribution in [0.4, 0.5) is 0 Å². The zero-order valence-corrected chi connectivity index (χ0v) is 18.9. The van der Waals surface area contributed by atoms with E-state index in [0.29, 0.717) is 19.6 Å². The van der Waals surface area contributed by atoms with E-state index in [4.69, 9.17) is 4.74 Å². The highest BCUT2D eigenvalue weighted by atomic mass is 16.5. The molecule has 2 aromatic rings. The molecule has 6 heteroatoms. The maximum Gasteiger partial charge on any atom is 0.242 e. The van der Waals surface area contributed by atoms with Gasteiger partial charge in [-0.2, -0.15) is 0 Å². The van der Waals surface area contributed by atoms with Gasteiger partial charge in [0.15, 0.2) is 0 Å². The highest BCUT2D eigenvalue weighted by Crippen LogP contribution is 2.17. The van der Waals surface area contributed by atoms with E-state index in [2.05, 4.69) is 30.5 Å². The summed E-state index contributed by atoms with van der Waals surface area (Å²) in [5, 5.41) is 0. The molecule has 30 heavy (non-hydrogen) atoms. The molecule has 0 radical (unpaired) electrons. The number of hydrogen-bond donors (Lipinski definition) is 0. The minimum atomic E-state index is -0.0595. The predicted molar refractivity (Wildman–Crippen MR) is 119 cm³/mol. The fraction of sp³-hybridized carbons (Fsp3) is 0.500. The zero-order valence-electron chi connectivity index (χ0n) is 18.9. The van der Waals surface area contributed by atoms with E-state index < -0.39 is 0 Å². The van der Waals surface area contributed by atoms with Gasteiger partial charge in [-0.3, -0.25) is 9.59 Å². The van der Waals surface area contributed by atoms with Crippen LogP contribution >= 0.6 is 0 Å². The SMILES string of the molecule is CCCN(CC(=O)N(Cc1cccn1Cc1cccc(OC)c1)[C@H](C)CC)C(C)=O. The van der Waals surface area contributed by atoms with Crippen molar-refractivity contribution in [2.24, 2.45) is 0 Å². The lowest BCUT2D eigenvalue weighted by atomic mass is 10.2. The Morgan fingerprint density at radius 2 is 1.93 bits per heavy atom. The molecule has 0 unspecified atom stereocenters. The van der Waals surface area contributed by atoms with Crippen LogP contribution in [0.2, 0.25) is 0 Å². The molecule has 2 rings (SSSR count). The Morgan fingerprint density at radius 1 is 1.17 bits per heavy atom. The second-order valence-corrected chi connectivity index (χ2v) is 7.70. The third-order valence-corrected chi connectivity index (χ3v) is 5.45. The predicted octanol–water partition coefficient (Wildman–Crippen LogP) is 3.93. The number of aromatic nitrogens is 1. The average Bonchev–Trinajstić information content (AvgIpc) is 3.17. The molecule has 1 atom stereocenters. The van der Waals surface area contributed by atoms with Crippen LogP contribution in [0, 0.1) is 0 Å². The fourth-order valence-electron chi connectivity index (χ4n) is 3.47. The number of ether oxygens (including phenoxy) is 1. The fourth-order valence-corrected chi connectivity index (χ4v) is 3.47. The van der Waals surface area contributed by atoms with E-state index in [1.54, 1.807) is 12.0 Å². The minimum absolute atomic E-state index is 0.0119. The number of carbonyl (C=O) groups is 2. The van der Waals surface area contributed by atoms with E-state index in [1.807, 2.05) is 42.3 Å². The lowest BCUT2D eigenvalue weighted by Gasteiger charge is -2.31. The maximum atomic E-state index is 13.1. The zero-order chi connectivity index (χ0) is 22.1. The van der Waals surface area contributed by atoms with E-state index in [-0.39, 0.29) is 24.4 Å². The number of benzene rings is 1. The van der Waals surface area contributed by atoms with E-state index in [9.17, 15) is 9.59 Å². The molecule has 0 saturated carbocycles. The van der Waals surface area contributed by atoms with Crippen molar-refractivity contribution in [3.8, 4) is 5.75 Å². The third kappa shape index (κ3) is 6.37. The van der Waals surface area contributed by atoms with Crippen LogP contribution in [-0.4, -0.2) is 52.4 Å². The van der Waals surface area contributed by atoms with Gasteiger partial charge in [0, 0.05) is 37.9 Å². The van der Waals surface area contributed by atoms with Gasteiger partial charge in [0.25, 0.3) is 0 Å². The molecule has 0 saturated heterocycles. The standard InChI is InChI=1S/C24H35N3O3/c1-6-13-25(20(4)28)18-24(29)27(19(3)7-2)17-22-11-9-14-26(22)16-21-10-8-12-23(15-21)30-5/h8-12,14-15,19H,6-7,13,16-18H2,1-5H3/t19-/m1/s1. The first-order chi connectivity index (χ1) is 14.4. The Labute approximate surface area is 180 Å². The monoisotopic (exact) mass is 413 g/mol. The van der Waals surface area contributed by atoms with Crippen molar-refractivity contribution in [2.45, 2.75) is 59.7 Å². The molecule has 1 aromatic heterocycles. The van der Waals surface area contributed by atoms with Crippen LogP contribution in [0.3, 0.4) is 0 Å². The topological polar surface area (TPSA) is 54.8 Å². The maximum absolute atomic E-state index is 13.1. The first-order valence-electron chi connectivity index (χ1n) is 10.7. The Morgan fingerprint density at radius 3 is 2.57 bits per heavy atom. The normalized spacial score (nSPS) is 11.8. The van der Waals surface area contributed by atoms with Crippen molar-refractivity contribution in [3.63, 3.8) is 0 Å². The summed E-state index contributed by atoms with van der Waals surface area (Å²) in [5.41, 5.74) is 2.20. The lowest BCUT2D eigenvalue weighted by Crippen LogP contribution is -2.45. The largest absolute Gasteiger partial charge is 0.497 e. The summed E-state index contributed by atoms with van der Waals surface area (Å²) in [7, 11) is 1.67. The van der Waals surface area contributed by atoms with E-state index in [0.717, 1.165) is 29.8 Å². The second-order valence-electron chi connectivity index (χ2n) is 7.70. The minimum Gasteiger partial charge on any atom is -0.497 e. The summed E-state index contributed by atoms with van der Waals surface area (Å²) in [6.45, 7) is 9.63. The van der Waals surface area contributed by atoms with Crippen LogP contribution in [0.5, 0.6) is 5.75 Å². The van der Waals surface area contributed by atoms with Crippen molar-refractivity contribution >= 4 is 11.8 Å². The molecule has 164 valence electrons. The number of rotatable bonds is 11. The number of methoxy groups -OCH3 is 1. The van der Waals surface area contributed by atoms with Crippen molar-refractivity contribution in [2.75, 3.05) is 20.2 Å².